The number of nitrogens with zero attached hydrogens (tertiary/aromatic N) is 7. The Balaban J connectivity index is 1.90. The zero-order valence-electron chi connectivity index (χ0n) is 14.2. The number of hydrogen-bond acceptors (Lipinski definition) is 10. The maximum atomic E-state index is 10.9. The van der Waals surface area contributed by atoms with Crippen LogP contribution in [0.2, 0.25) is 5.28 Å². The van der Waals surface area contributed by atoms with Crippen LogP contribution in [0.15, 0.2) is 11.4 Å². The molecule has 1 fully saturated rings. The normalized spacial score (nSPS) is 24.0. The number of carboxylic acids is 2. The molecule has 0 amide bonds. The number of rotatable bonds is 7. The summed E-state index contributed by atoms with van der Waals surface area (Å²) in [6.45, 7) is -0.592. The molecule has 2 aromatic heterocycles. The van der Waals surface area contributed by atoms with Crippen LogP contribution in [0.4, 0.5) is 5.82 Å². The molecule has 0 aromatic carbocycles. The van der Waals surface area contributed by atoms with E-state index < -0.39 is 49.1 Å². The van der Waals surface area contributed by atoms with Crippen LogP contribution in [0, 0.1) is 0 Å². The first-order chi connectivity index (χ1) is 13.7. The highest BCUT2D eigenvalue weighted by Crippen LogP contribution is 2.34. The molecule has 5 N–H and O–H groups in total. The van der Waals surface area contributed by atoms with Gasteiger partial charge >= 0.3 is 11.9 Å². The van der Waals surface area contributed by atoms with Gasteiger partial charge in [-0.2, -0.15) is 9.97 Å². The number of nitrogens with two attached hydrogens (primary N) is 1. The zero-order valence-corrected chi connectivity index (χ0v) is 15.0. The van der Waals surface area contributed by atoms with Gasteiger partial charge in [0.15, 0.2) is 17.7 Å². The molecule has 29 heavy (non-hydrogen) atoms. The minimum atomic E-state index is -2.16. The van der Waals surface area contributed by atoms with Crippen molar-refractivity contribution in [3.05, 3.63) is 22.1 Å². The first-order valence-electron chi connectivity index (χ1n) is 7.85. The van der Waals surface area contributed by atoms with Crippen molar-refractivity contribution in [3.8, 4) is 0 Å². The highest BCUT2D eigenvalue weighted by Gasteiger charge is 2.46. The molecule has 15 nitrogen and oxygen atoms in total. The van der Waals surface area contributed by atoms with Gasteiger partial charge in [0, 0.05) is 4.91 Å². The highest BCUT2D eigenvalue weighted by molar-refractivity contribution is 6.28. The molecule has 0 saturated carbocycles. The number of aromatic nitrogens is 4. The molecule has 0 aliphatic carbocycles. The minimum absolute atomic E-state index is 0.0107. The number of fused-ring (bicyclic) bond motifs is 1. The topological polar surface area (TPSA) is 232 Å². The number of azide groups is 1. The Labute approximate surface area is 165 Å². The fourth-order valence-electron chi connectivity index (χ4n) is 2.84. The molecule has 4 atom stereocenters. The Bertz CT molecular complexity index is 994. The van der Waals surface area contributed by atoms with Gasteiger partial charge in [0.2, 0.25) is 5.28 Å². The van der Waals surface area contributed by atoms with Crippen molar-refractivity contribution >= 4 is 40.5 Å². The Morgan fingerprint density at radius 2 is 2.14 bits per heavy atom. The number of aliphatic carboxylic acids is 2. The van der Waals surface area contributed by atoms with E-state index in [4.69, 9.17) is 42.6 Å². The highest BCUT2D eigenvalue weighted by atomic mass is 35.5. The predicted octanol–water partition coefficient (Wildman–Crippen LogP) is -0.447. The van der Waals surface area contributed by atoms with Gasteiger partial charge < -0.3 is 30.5 Å². The summed E-state index contributed by atoms with van der Waals surface area (Å²) in [5, 5.41) is 31.6. The number of halogens is 1. The number of imidazole rings is 1. The van der Waals surface area contributed by atoms with Crippen LogP contribution in [-0.4, -0.2) is 77.7 Å². The quantitative estimate of drug-likeness (QED) is 0.145. The van der Waals surface area contributed by atoms with Gasteiger partial charge in [-0.1, -0.05) is 5.11 Å². The van der Waals surface area contributed by atoms with Gasteiger partial charge in [-0.05, 0) is 17.1 Å². The van der Waals surface area contributed by atoms with Crippen molar-refractivity contribution in [1.82, 2.24) is 19.5 Å². The lowest BCUT2D eigenvalue weighted by Gasteiger charge is -2.17. The van der Waals surface area contributed by atoms with E-state index in [0.29, 0.717) is 0 Å². The van der Waals surface area contributed by atoms with E-state index in [1.807, 2.05) is 0 Å². The van der Waals surface area contributed by atoms with Crippen molar-refractivity contribution in [2.24, 2.45) is 5.11 Å². The lowest BCUT2D eigenvalue weighted by atomic mass is 10.1. The van der Waals surface area contributed by atoms with E-state index in [0.717, 1.165) is 0 Å². The van der Waals surface area contributed by atoms with Crippen LogP contribution < -0.4 is 5.73 Å². The van der Waals surface area contributed by atoms with Crippen LogP contribution in [0.25, 0.3) is 21.6 Å². The van der Waals surface area contributed by atoms with Crippen molar-refractivity contribution in [1.29, 1.82) is 0 Å². The molecule has 0 radical (unpaired) electrons. The summed E-state index contributed by atoms with van der Waals surface area (Å²) >= 11 is 5.80. The first-order valence-corrected chi connectivity index (χ1v) is 8.23. The van der Waals surface area contributed by atoms with Crippen molar-refractivity contribution in [2.75, 3.05) is 12.3 Å². The molecular formula is C13H13ClN8O7. The Morgan fingerprint density at radius 3 is 2.76 bits per heavy atom. The van der Waals surface area contributed by atoms with Crippen molar-refractivity contribution in [2.45, 2.75) is 30.6 Å². The number of aliphatic hydroxyl groups excluding tert-OH is 1. The molecule has 2 aromatic rings. The molecule has 0 spiro atoms. The molecule has 3 rings (SSSR count). The van der Waals surface area contributed by atoms with Crippen LogP contribution in [0.3, 0.4) is 0 Å². The minimum Gasteiger partial charge on any atom is -0.479 e. The van der Waals surface area contributed by atoms with E-state index >= 15 is 0 Å². The number of aliphatic hydroxyl groups is 1. The third kappa shape index (κ3) is 3.85. The SMILES string of the molecule is [N-]=[N+]=N[C@H]1[C@@H](O)[C@H](n2cnc3c(N)nc(Cl)nc32)O[C@@H]1COC(C(=O)O)C(=O)O. The number of nitrogen functional groups attached to an aromatic ring is 1. The fourth-order valence-corrected chi connectivity index (χ4v) is 3.01. The van der Waals surface area contributed by atoms with Crippen LogP contribution in [-0.2, 0) is 19.1 Å². The average Bonchev–Trinajstić information content (AvgIpc) is 3.17. The average molecular weight is 429 g/mol. The van der Waals surface area contributed by atoms with Crippen LogP contribution in [0.1, 0.15) is 6.23 Å². The second-order valence-electron chi connectivity index (χ2n) is 5.84. The molecular weight excluding hydrogens is 416 g/mol. The maximum absolute atomic E-state index is 10.9. The van der Waals surface area contributed by atoms with E-state index in [1.165, 1.54) is 10.9 Å². The van der Waals surface area contributed by atoms with Gasteiger partial charge in [-0.25, -0.2) is 14.6 Å². The molecule has 1 aliphatic rings. The Hall–Kier alpha value is -3.23. The number of hydrogen-bond donors (Lipinski definition) is 4. The molecule has 1 aliphatic heterocycles. The summed E-state index contributed by atoms with van der Waals surface area (Å²) in [6.07, 6.45) is -4.71. The smallest absolute Gasteiger partial charge is 0.344 e. The number of carbonyl (C=O) groups is 2. The summed E-state index contributed by atoms with van der Waals surface area (Å²) in [5.41, 5.74) is 14.8. The zero-order chi connectivity index (χ0) is 21.3. The predicted molar refractivity (Wildman–Crippen MR) is 92.6 cm³/mol. The summed E-state index contributed by atoms with van der Waals surface area (Å²) < 4.78 is 11.8. The Kier molecular flexibility index (Phi) is 5.67. The summed E-state index contributed by atoms with van der Waals surface area (Å²) in [6, 6.07) is -1.22. The van der Waals surface area contributed by atoms with E-state index in [-0.39, 0.29) is 22.3 Å². The molecule has 0 bridgehead atoms. The first kappa shape index (κ1) is 20.5. The fraction of sp³-hybridized carbons (Fsp3) is 0.462. The van der Waals surface area contributed by atoms with Crippen LogP contribution >= 0.6 is 11.6 Å². The van der Waals surface area contributed by atoms with E-state index in [9.17, 15) is 14.7 Å². The van der Waals surface area contributed by atoms with Gasteiger partial charge in [-0.3, -0.25) is 4.57 Å². The van der Waals surface area contributed by atoms with Gasteiger partial charge in [0.05, 0.1) is 25.1 Å². The van der Waals surface area contributed by atoms with Crippen molar-refractivity contribution in [3.63, 3.8) is 0 Å². The van der Waals surface area contributed by atoms with Crippen molar-refractivity contribution < 1.29 is 34.4 Å². The number of anilines is 1. The standard InChI is InChI=1S/C13H13ClN8O7/c14-13-18-8(15)5-9(19-13)22(2-17-5)10-6(23)4(20-21-16)3(29-10)1-28-7(11(24)25)12(26)27/h2-4,6-7,10,23H,1H2,(H,24,25)(H,26,27)(H2,15,18,19)/t3-,4-,6-,10-/m1/s1. The molecule has 16 heteroatoms. The molecule has 154 valence electrons. The molecule has 3 heterocycles. The monoisotopic (exact) mass is 428 g/mol. The maximum Gasteiger partial charge on any atom is 0.344 e. The van der Waals surface area contributed by atoms with Gasteiger partial charge in [0.25, 0.3) is 6.10 Å². The summed E-state index contributed by atoms with van der Waals surface area (Å²) in [7, 11) is 0. The lowest BCUT2D eigenvalue weighted by Crippen LogP contribution is -2.38. The van der Waals surface area contributed by atoms with Crippen LogP contribution in [0.5, 0.6) is 0 Å². The number of carboxylic acid groups (broad SMARTS) is 2. The summed E-state index contributed by atoms with van der Waals surface area (Å²) in [5.74, 6) is -3.46. The second-order valence-corrected chi connectivity index (χ2v) is 6.18. The van der Waals surface area contributed by atoms with Gasteiger partial charge in [0.1, 0.15) is 11.6 Å². The second kappa shape index (κ2) is 8.02. The molecule has 0 unspecified atom stereocenters. The van der Waals surface area contributed by atoms with E-state index in [1.54, 1.807) is 0 Å². The van der Waals surface area contributed by atoms with Gasteiger partial charge in [-0.15, -0.1) is 0 Å². The third-order valence-corrected chi connectivity index (χ3v) is 4.26. The lowest BCUT2D eigenvalue weighted by molar-refractivity contribution is -0.169. The number of ether oxygens (including phenoxy) is 2. The molecule has 1 saturated heterocycles. The third-order valence-electron chi connectivity index (χ3n) is 4.09. The van der Waals surface area contributed by atoms with E-state index in [2.05, 4.69) is 25.0 Å². The Morgan fingerprint density at radius 1 is 1.45 bits per heavy atom. The largest absolute Gasteiger partial charge is 0.479 e. The summed E-state index contributed by atoms with van der Waals surface area (Å²) in [4.78, 5) is 36.3.